The summed E-state index contributed by atoms with van der Waals surface area (Å²) in [6.07, 6.45) is 5.25. The van der Waals surface area contributed by atoms with Crippen LogP contribution in [0.5, 0.6) is 5.75 Å². The van der Waals surface area contributed by atoms with Gasteiger partial charge in [-0.2, -0.15) is 0 Å². The fourth-order valence-corrected chi connectivity index (χ4v) is 5.12. The van der Waals surface area contributed by atoms with Gasteiger partial charge in [-0.25, -0.2) is 0 Å². The summed E-state index contributed by atoms with van der Waals surface area (Å²) in [5.41, 5.74) is 2.18. The van der Waals surface area contributed by atoms with E-state index < -0.39 is 0 Å². The molecule has 0 radical (unpaired) electrons. The Hall–Kier alpha value is -2.73. The van der Waals surface area contributed by atoms with Gasteiger partial charge in [0.15, 0.2) is 0 Å². The number of ether oxygens (including phenoxy) is 1. The summed E-state index contributed by atoms with van der Waals surface area (Å²) in [4.78, 5) is 27.0. The third kappa shape index (κ3) is 4.79. The average Bonchev–Trinajstić information content (AvgIpc) is 2.77. The van der Waals surface area contributed by atoms with Gasteiger partial charge in [-0.15, -0.1) is 0 Å². The molecular weight excluding hydrogens is 408 g/mol. The smallest absolute Gasteiger partial charge is 0.262 e. The largest absolute Gasteiger partial charge is 0.497 e. The van der Waals surface area contributed by atoms with Crippen molar-refractivity contribution in [3.05, 3.63) is 58.5 Å². The topological polar surface area (TPSA) is 67.4 Å². The van der Waals surface area contributed by atoms with E-state index in [1.54, 1.807) is 13.2 Å². The minimum absolute atomic E-state index is 0.0763. The summed E-state index contributed by atoms with van der Waals surface area (Å²) in [5, 5.41) is 6.14. The molecule has 162 valence electrons. The Balaban J connectivity index is 1.48. The minimum atomic E-state index is -0.166. The van der Waals surface area contributed by atoms with Gasteiger partial charge in [0.25, 0.3) is 11.8 Å². The molecule has 6 heteroatoms. The lowest BCUT2D eigenvalue weighted by atomic mass is 9.78. The van der Waals surface area contributed by atoms with Crippen molar-refractivity contribution in [2.45, 2.75) is 44.0 Å². The molecular formula is C25H28N2O3S. The van der Waals surface area contributed by atoms with Gasteiger partial charge in [0.2, 0.25) is 0 Å². The van der Waals surface area contributed by atoms with E-state index >= 15 is 0 Å². The highest BCUT2D eigenvalue weighted by molar-refractivity contribution is 8.04. The number of anilines is 1. The molecule has 1 aliphatic heterocycles. The normalized spacial score (nSPS) is 24.3. The molecule has 0 aromatic heterocycles. The molecule has 3 atom stereocenters. The molecule has 0 bridgehead atoms. The minimum Gasteiger partial charge on any atom is -0.497 e. The summed E-state index contributed by atoms with van der Waals surface area (Å²) >= 11 is 1.41. The highest BCUT2D eigenvalue weighted by Crippen LogP contribution is 2.39. The molecule has 1 fully saturated rings. The summed E-state index contributed by atoms with van der Waals surface area (Å²) in [5.74, 6) is 1.62. The van der Waals surface area contributed by atoms with Crippen LogP contribution in [-0.2, 0) is 4.79 Å². The Kier molecular flexibility index (Phi) is 6.37. The molecule has 1 aliphatic carbocycles. The van der Waals surface area contributed by atoms with Gasteiger partial charge in [-0.05, 0) is 60.2 Å². The van der Waals surface area contributed by atoms with Crippen molar-refractivity contribution in [3.8, 4) is 5.75 Å². The Morgan fingerprint density at radius 1 is 1.16 bits per heavy atom. The molecule has 1 heterocycles. The molecule has 2 aliphatic rings. The lowest BCUT2D eigenvalue weighted by Crippen LogP contribution is -2.43. The van der Waals surface area contributed by atoms with Gasteiger partial charge in [0.05, 0.1) is 17.7 Å². The van der Waals surface area contributed by atoms with Gasteiger partial charge < -0.3 is 15.4 Å². The number of thioether (sulfide) groups is 1. The van der Waals surface area contributed by atoms with Crippen molar-refractivity contribution >= 4 is 35.3 Å². The Morgan fingerprint density at radius 3 is 2.68 bits per heavy atom. The highest BCUT2D eigenvalue weighted by Gasteiger charge is 2.29. The number of fused-ring (bicyclic) bond motifs is 1. The van der Waals surface area contributed by atoms with Gasteiger partial charge in [-0.3, -0.25) is 9.59 Å². The van der Waals surface area contributed by atoms with Crippen LogP contribution in [0.15, 0.2) is 52.3 Å². The number of carbonyl (C=O) groups is 2. The number of rotatable bonds is 4. The maximum absolute atomic E-state index is 12.8. The number of hydrogen-bond acceptors (Lipinski definition) is 4. The predicted molar refractivity (Wildman–Crippen MR) is 125 cm³/mol. The molecule has 2 amide bonds. The fraction of sp³-hybridized carbons (Fsp3) is 0.360. The molecule has 0 unspecified atom stereocenters. The van der Waals surface area contributed by atoms with Crippen LogP contribution in [0.2, 0.25) is 0 Å². The third-order valence-corrected chi connectivity index (χ3v) is 7.47. The second kappa shape index (κ2) is 9.18. The number of nitrogens with one attached hydrogen (secondary N) is 2. The number of hydrogen-bond donors (Lipinski definition) is 2. The van der Waals surface area contributed by atoms with Crippen LogP contribution < -0.4 is 15.4 Å². The van der Waals surface area contributed by atoms with Crippen LogP contribution in [0.25, 0.3) is 6.08 Å². The van der Waals surface area contributed by atoms with Crippen LogP contribution in [0.4, 0.5) is 5.69 Å². The van der Waals surface area contributed by atoms with E-state index in [0.29, 0.717) is 28.0 Å². The average molecular weight is 437 g/mol. The van der Waals surface area contributed by atoms with Crippen molar-refractivity contribution in [3.63, 3.8) is 0 Å². The van der Waals surface area contributed by atoms with E-state index in [-0.39, 0.29) is 17.9 Å². The molecule has 0 saturated heterocycles. The monoisotopic (exact) mass is 436 g/mol. The van der Waals surface area contributed by atoms with Crippen molar-refractivity contribution in [1.29, 1.82) is 0 Å². The maximum Gasteiger partial charge on any atom is 0.262 e. The summed E-state index contributed by atoms with van der Waals surface area (Å²) in [6.45, 7) is 4.47. The number of benzene rings is 2. The maximum atomic E-state index is 12.8. The molecule has 4 rings (SSSR count). The van der Waals surface area contributed by atoms with Crippen LogP contribution in [0.3, 0.4) is 0 Å². The number of carbonyl (C=O) groups excluding carboxylic acids is 2. The quantitative estimate of drug-likeness (QED) is 0.635. The van der Waals surface area contributed by atoms with Gasteiger partial charge >= 0.3 is 0 Å². The van der Waals surface area contributed by atoms with Crippen LogP contribution in [0.1, 0.15) is 49.0 Å². The van der Waals surface area contributed by atoms with Crippen LogP contribution in [-0.4, -0.2) is 25.0 Å². The molecule has 2 aromatic carbocycles. The van der Waals surface area contributed by atoms with Crippen molar-refractivity contribution in [1.82, 2.24) is 5.32 Å². The van der Waals surface area contributed by atoms with E-state index in [4.69, 9.17) is 4.74 Å². The lowest BCUT2D eigenvalue weighted by Gasteiger charge is -2.34. The van der Waals surface area contributed by atoms with E-state index in [2.05, 4.69) is 24.5 Å². The first-order chi connectivity index (χ1) is 14.9. The first-order valence-corrected chi connectivity index (χ1v) is 11.6. The third-order valence-electron chi connectivity index (χ3n) is 6.37. The Bertz CT molecular complexity index is 1020. The van der Waals surface area contributed by atoms with E-state index in [9.17, 15) is 9.59 Å². The second-order valence-electron chi connectivity index (χ2n) is 8.40. The Labute approximate surface area is 187 Å². The first-order valence-electron chi connectivity index (χ1n) is 10.7. The SMILES string of the molecule is COc1ccc(/C=C2/Sc3ccc(C(=O)N[C@@H]4CCC[C@H](C)[C@H]4C)cc3NC2=O)cc1. The zero-order valence-electron chi connectivity index (χ0n) is 18.1. The zero-order valence-corrected chi connectivity index (χ0v) is 18.9. The van der Waals surface area contributed by atoms with E-state index in [1.807, 2.05) is 42.5 Å². The second-order valence-corrected chi connectivity index (χ2v) is 9.48. The van der Waals surface area contributed by atoms with Crippen LogP contribution >= 0.6 is 11.8 Å². The molecule has 1 saturated carbocycles. The van der Waals surface area contributed by atoms with E-state index in [0.717, 1.165) is 29.1 Å². The standard InChI is InChI=1S/C25H28N2O3S/c1-15-5-4-6-20(16(15)2)26-24(28)18-9-12-22-21(14-18)27-25(29)23(31-22)13-17-7-10-19(30-3)11-8-17/h7-16,20H,4-6H2,1-3H3,(H,26,28)(H,27,29)/b23-13+/t15-,16+,20+/m0/s1. The first kappa shape index (κ1) is 21.5. The zero-order chi connectivity index (χ0) is 22.0. The van der Waals surface area contributed by atoms with E-state index in [1.165, 1.54) is 18.2 Å². The highest BCUT2D eigenvalue weighted by atomic mass is 32.2. The van der Waals surface area contributed by atoms with Gasteiger partial charge in [-0.1, -0.05) is 50.6 Å². The lowest BCUT2D eigenvalue weighted by molar-refractivity contribution is -0.112. The molecule has 5 nitrogen and oxygen atoms in total. The molecule has 0 spiro atoms. The number of amides is 2. The Morgan fingerprint density at radius 2 is 1.94 bits per heavy atom. The summed E-state index contributed by atoms with van der Waals surface area (Å²) < 4.78 is 5.18. The van der Waals surface area contributed by atoms with Crippen LogP contribution in [0, 0.1) is 11.8 Å². The summed E-state index contributed by atoms with van der Waals surface area (Å²) in [7, 11) is 1.62. The molecule has 2 aromatic rings. The van der Waals surface area contributed by atoms with Crippen molar-refractivity contribution in [2.75, 3.05) is 12.4 Å². The molecule has 31 heavy (non-hydrogen) atoms. The van der Waals surface area contributed by atoms with Gasteiger partial charge in [0, 0.05) is 16.5 Å². The van der Waals surface area contributed by atoms with Crippen molar-refractivity contribution in [2.24, 2.45) is 11.8 Å². The number of methoxy groups -OCH3 is 1. The fourth-order valence-electron chi connectivity index (χ4n) is 4.19. The van der Waals surface area contributed by atoms with Gasteiger partial charge in [0.1, 0.15) is 5.75 Å². The molecule has 2 N–H and O–H groups in total. The van der Waals surface area contributed by atoms with Crippen molar-refractivity contribution < 1.29 is 14.3 Å². The predicted octanol–water partition coefficient (Wildman–Crippen LogP) is 5.34. The summed E-state index contributed by atoms with van der Waals surface area (Å²) in [6, 6.07) is 13.3.